The average molecular weight is 359 g/mol. The minimum absolute atomic E-state index is 0.138. The number of halogens is 1. The van der Waals surface area contributed by atoms with E-state index in [4.69, 9.17) is 16.3 Å². The highest BCUT2D eigenvalue weighted by Gasteiger charge is 2.14. The Morgan fingerprint density at radius 1 is 1.16 bits per heavy atom. The van der Waals surface area contributed by atoms with Gasteiger partial charge in [0.25, 0.3) is 5.91 Å². The number of hydrogen-bond donors (Lipinski definition) is 1. The smallest absolute Gasteiger partial charge is 0.251 e. The molecule has 0 radical (unpaired) electrons. The maximum absolute atomic E-state index is 12.4. The van der Waals surface area contributed by atoms with E-state index < -0.39 is 0 Å². The number of methoxy groups -OCH3 is 1. The number of rotatable bonds is 6. The Labute approximate surface area is 153 Å². The fourth-order valence-corrected chi connectivity index (χ4v) is 3.41. The van der Waals surface area contributed by atoms with Crippen molar-refractivity contribution < 1.29 is 9.53 Å². The minimum atomic E-state index is -0.138. The number of likely N-dealkylation sites (tertiary alicyclic amines) is 1. The van der Waals surface area contributed by atoms with E-state index >= 15 is 0 Å². The molecule has 0 bridgehead atoms. The normalized spacial score (nSPS) is 14.5. The van der Waals surface area contributed by atoms with Crippen LogP contribution in [0.4, 0.5) is 0 Å². The van der Waals surface area contributed by atoms with E-state index in [1.54, 1.807) is 25.3 Å². The number of nitrogens with one attached hydrogen (secondary N) is 1. The first-order valence-corrected chi connectivity index (χ1v) is 8.96. The number of benzene rings is 2. The molecule has 1 amide bonds. The number of amides is 1. The van der Waals surface area contributed by atoms with E-state index in [9.17, 15) is 4.79 Å². The summed E-state index contributed by atoms with van der Waals surface area (Å²) in [7, 11) is 1.55. The highest BCUT2D eigenvalue weighted by molar-refractivity contribution is 6.32. The lowest BCUT2D eigenvalue weighted by molar-refractivity contribution is 0.0950. The molecule has 1 fully saturated rings. The Kier molecular flexibility index (Phi) is 5.95. The van der Waals surface area contributed by atoms with Crippen LogP contribution < -0.4 is 10.1 Å². The van der Waals surface area contributed by atoms with Crippen molar-refractivity contribution in [3.8, 4) is 5.75 Å². The van der Waals surface area contributed by atoms with E-state index in [2.05, 4.69) is 28.4 Å². The number of carbonyl (C=O) groups is 1. The van der Waals surface area contributed by atoms with Gasteiger partial charge in [-0.15, -0.1) is 0 Å². The standard InChI is InChI=1S/C20H23ClN2O2/c1-25-19-9-8-15(12-18(19)21)20(24)22-13-16-6-2-3-7-17(16)14-23-10-4-5-11-23/h2-3,6-9,12H,4-5,10-11,13-14H2,1H3,(H,22,24). The lowest BCUT2D eigenvalue weighted by Crippen LogP contribution is -2.25. The molecule has 0 aliphatic carbocycles. The number of ether oxygens (including phenoxy) is 1. The summed E-state index contributed by atoms with van der Waals surface area (Å²) in [5, 5.41) is 3.42. The molecule has 0 atom stereocenters. The third-order valence-corrected chi connectivity index (χ3v) is 4.86. The van der Waals surface area contributed by atoms with E-state index in [0.29, 0.717) is 22.9 Å². The van der Waals surface area contributed by atoms with Gasteiger partial charge < -0.3 is 10.1 Å². The quantitative estimate of drug-likeness (QED) is 0.852. The number of carbonyl (C=O) groups excluding carboxylic acids is 1. The summed E-state index contributed by atoms with van der Waals surface area (Å²) in [5.74, 6) is 0.426. The van der Waals surface area contributed by atoms with Gasteiger partial charge in [0.15, 0.2) is 0 Å². The predicted octanol–water partition coefficient (Wildman–Crippen LogP) is 3.87. The van der Waals surface area contributed by atoms with Gasteiger partial charge in [-0.1, -0.05) is 35.9 Å². The molecule has 2 aromatic carbocycles. The molecule has 2 aromatic rings. The molecular formula is C20H23ClN2O2. The predicted molar refractivity (Wildman–Crippen MR) is 100 cm³/mol. The fourth-order valence-electron chi connectivity index (χ4n) is 3.15. The molecule has 1 heterocycles. The van der Waals surface area contributed by atoms with E-state index in [1.165, 1.54) is 18.4 Å². The summed E-state index contributed by atoms with van der Waals surface area (Å²) in [4.78, 5) is 14.9. The van der Waals surface area contributed by atoms with Crippen LogP contribution in [0.3, 0.4) is 0 Å². The topological polar surface area (TPSA) is 41.6 Å². The van der Waals surface area contributed by atoms with Crippen molar-refractivity contribution in [2.75, 3.05) is 20.2 Å². The lowest BCUT2D eigenvalue weighted by atomic mass is 10.1. The van der Waals surface area contributed by atoms with E-state index in [0.717, 1.165) is 25.2 Å². The van der Waals surface area contributed by atoms with Crippen molar-refractivity contribution in [1.29, 1.82) is 0 Å². The van der Waals surface area contributed by atoms with Crippen molar-refractivity contribution in [1.82, 2.24) is 10.2 Å². The first-order valence-electron chi connectivity index (χ1n) is 8.58. The monoisotopic (exact) mass is 358 g/mol. The van der Waals surface area contributed by atoms with Crippen LogP contribution in [0.2, 0.25) is 5.02 Å². The molecule has 25 heavy (non-hydrogen) atoms. The molecule has 5 heteroatoms. The van der Waals surface area contributed by atoms with Crippen LogP contribution in [-0.4, -0.2) is 31.0 Å². The molecular weight excluding hydrogens is 336 g/mol. The summed E-state index contributed by atoms with van der Waals surface area (Å²) in [6.45, 7) is 3.77. The minimum Gasteiger partial charge on any atom is -0.495 e. The Bertz CT molecular complexity index is 742. The van der Waals surface area contributed by atoms with Crippen LogP contribution in [0.25, 0.3) is 0 Å². The first kappa shape index (κ1) is 17.8. The zero-order valence-corrected chi connectivity index (χ0v) is 15.2. The van der Waals surface area contributed by atoms with Gasteiger partial charge in [0.1, 0.15) is 5.75 Å². The van der Waals surface area contributed by atoms with Crippen molar-refractivity contribution >= 4 is 17.5 Å². The third-order valence-electron chi connectivity index (χ3n) is 4.56. The van der Waals surface area contributed by atoms with Crippen LogP contribution >= 0.6 is 11.6 Å². The molecule has 132 valence electrons. The highest BCUT2D eigenvalue weighted by atomic mass is 35.5. The molecule has 1 N–H and O–H groups in total. The highest BCUT2D eigenvalue weighted by Crippen LogP contribution is 2.25. The van der Waals surface area contributed by atoms with Gasteiger partial charge in [0.05, 0.1) is 12.1 Å². The summed E-state index contributed by atoms with van der Waals surface area (Å²) >= 11 is 6.10. The van der Waals surface area contributed by atoms with Crippen LogP contribution in [-0.2, 0) is 13.1 Å². The Morgan fingerprint density at radius 2 is 1.88 bits per heavy atom. The van der Waals surface area contributed by atoms with Crippen molar-refractivity contribution in [3.05, 3.63) is 64.2 Å². The maximum atomic E-state index is 12.4. The van der Waals surface area contributed by atoms with Crippen molar-refractivity contribution in [2.45, 2.75) is 25.9 Å². The Morgan fingerprint density at radius 3 is 2.56 bits per heavy atom. The van der Waals surface area contributed by atoms with Crippen LogP contribution in [0.1, 0.15) is 34.3 Å². The first-order chi connectivity index (χ1) is 12.2. The molecule has 1 aliphatic rings. The van der Waals surface area contributed by atoms with Gasteiger partial charge in [-0.3, -0.25) is 9.69 Å². The molecule has 0 aromatic heterocycles. The van der Waals surface area contributed by atoms with Gasteiger partial charge >= 0.3 is 0 Å². The zero-order chi connectivity index (χ0) is 17.6. The molecule has 0 saturated carbocycles. The molecule has 3 rings (SSSR count). The Hall–Kier alpha value is -2.04. The summed E-state index contributed by atoms with van der Waals surface area (Å²) < 4.78 is 5.12. The third kappa shape index (κ3) is 4.53. The number of hydrogen-bond acceptors (Lipinski definition) is 3. The van der Waals surface area contributed by atoms with Crippen molar-refractivity contribution in [3.63, 3.8) is 0 Å². The molecule has 4 nitrogen and oxygen atoms in total. The lowest BCUT2D eigenvalue weighted by Gasteiger charge is -2.17. The summed E-state index contributed by atoms with van der Waals surface area (Å²) in [6.07, 6.45) is 2.55. The van der Waals surface area contributed by atoms with E-state index in [-0.39, 0.29) is 5.91 Å². The second-order valence-electron chi connectivity index (χ2n) is 6.28. The Balaban J connectivity index is 1.64. The van der Waals surface area contributed by atoms with Crippen LogP contribution in [0.5, 0.6) is 5.75 Å². The maximum Gasteiger partial charge on any atom is 0.251 e. The molecule has 1 saturated heterocycles. The summed E-state index contributed by atoms with van der Waals surface area (Å²) in [5.41, 5.74) is 2.96. The second-order valence-corrected chi connectivity index (χ2v) is 6.69. The van der Waals surface area contributed by atoms with Gasteiger partial charge in [-0.05, 0) is 55.3 Å². The van der Waals surface area contributed by atoms with E-state index in [1.807, 2.05) is 6.07 Å². The number of nitrogens with zero attached hydrogens (tertiary/aromatic N) is 1. The fraction of sp³-hybridized carbons (Fsp3) is 0.350. The van der Waals surface area contributed by atoms with Gasteiger partial charge in [-0.25, -0.2) is 0 Å². The van der Waals surface area contributed by atoms with Crippen molar-refractivity contribution in [2.24, 2.45) is 0 Å². The largest absolute Gasteiger partial charge is 0.495 e. The second kappa shape index (κ2) is 8.37. The van der Waals surface area contributed by atoms with Crippen LogP contribution in [0, 0.1) is 0 Å². The van der Waals surface area contributed by atoms with Crippen LogP contribution in [0.15, 0.2) is 42.5 Å². The van der Waals surface area contributed by atoms with Gasteiger partial charge in [-0.2, -0.15) is 0 Å². The zero-order valence-electron chi connectivity index (χ0n) is 14.4. The van der Waals surface area contributed by atoms with Gasteiger partial charge in [0.2, 0.25) is 0 Å². The molecule has 0 unspecified atom stereocenters. The SMILES string of the molecule is COc1ccc(C(=O)NCc2ccccc2CN2CCCC2)cc1Cl. The summed E-state index contributed by atoms with van der Waals surface area (Å²) in [6, 6.07) is 13.3. The molecule has 0 spiro atoms. The molecule has 1 aliphatic heterocycles. The van der Waals surface area contributed by atoms with Gasteiger partial charge in [0, 0.05) is 18.7 Å². The average Bonchev–Trinajstić information content (AvgIpc) is 3.13.